The smallest absolute Gasteiger partial charge is 0.124 e. The van der Waals surface area contributed by atoms with Crippen molar-refractivity contribution in [1.29, 1.82) is 0 Å². The van der Waals surface area contributed by atoms with Gasteiger partial charge in [-0.15, -0.1) is 0 Å². The van der Waals surface area contributed by atoms with Crippen molar-refractivity contribution in [2.24, 2.45) is 0 Å². The number of benzene rings is 2. The minimum absolute atomic E-state index is 0.00127. The SMILES string of the molecule is CCOc1ccc(NC2CCN(CCc3ccccc3)C2)cc1CO. The van der Waals surface area contributed by atoms with E-state index in [0.29, 0.717) is 12.6 Å². The molecule has 134 valence electrons. The second kappa shape index (κ2) is 8.88. The summed E-state index contributed by atoms with van der Waals surface area (Å²) in [5.74, 6) is 0.770. The summed E-state index contributed by atoms with van der Waals surface area (Å²) < 4.78 is 5.55. The Bertz CT molecular complexity index is 660. The van der Waals surface area contributed by atoms with Crippen LogP contribution in [-0.2, 0) is 13.0 Å². The van der Waals surface area contributed by atoms with E-state index in [1.54, 1.807) is 0 Å². The molecule has 1 atom stereocenters. The number of ether oxygens (including phenoxy) is 1. The summed E-state index contributed by atoms with van der Waals surface area (Å²) in [6.07, 6.45) is 2.25. The molecule has 4 heteroatoms. The van der Waals surface area contributed by atoms with Gasteiger partial charge in [0.25, 0.3) is 0 Å². The molecule has 2 aromatic carbocycles. The summed E-state index contributed by atoms with van der Waals surface area (Å²) in [6, 6.07) is 17.1. The Kier molecular flexibility index (Phi) is 6.31. The average Bonchev–Trinajstić information content (AvgIpc) is 3.09. The number of aliphatic hydroxyl groups is 1. The van der Waals surface area contributed by atoms with E-state index in [4.69, 9.17) is 4.74 Å². The first-order valence-corrected chi connectivity index (χ1v) is 9.18. The quantitative estimate of drug-likeness (QED) is 0.774. The van der Waals surface area contributed by atoms with Gasteiger partial charge in [-0.3, -0.25) is 0 Å². The molecule has 0 saturated carbocycles. The molecule has 0 bridgehead atoms. The number of anilines is 1. The van der Waals surface area contributed by atoms with Gasteiger partial charge in [0.2, 0.25) is 0 Å². The van der Waals surface area contributed by atoms with Gasteiger partial charge in [0.15, 0.2) is 0 Å². The number of hydrogen-bond acceptors (Lipinski definition) is 4. The van der Waals surface area contributed by atoms with E-state index in [0.717, 1.165) is 49.5 Å². The van der Waals surface area contributed by atoms with Crippen LogP contribution in [0.25, 0.3) is 0 Å². The molecular formula is C21H28N2O2. The number of nitrogens with one attached hydrogen (secondary N) is 1. The standard InChI is InChI=1S/C21H28N2O2/c1-2-25-21-9-8-19(14-18(21)16-24)22-20-11-13-23(15-20)12-10-17-6-4-3-5-7-17/h3-9,14,20,22,24H,2,10-13,15-16H2,1H3. The monoisotopic (exact) mass is 340 g/mol. The van der Waals surface area contributed by atoms with E-state index < -0.39 is 0 Å². The fourth-order valence-corrected chi connectivity index (χ4v) is 3.41. The lowest BCUT2D eigenvalue weighted by atomic mass is 10.1. The number of hydrogen-bond donors (Lipinski definition) is 2. The molecule has 1 fully saturated rings. The molecule has 3 rings (SSSR count). The van der Waals surface area contributed by atoms with E-state index in [9.17, 15) is 5.11 Å². The van der Waals surface area contributed by atoms with Crippen molar-refractivity contribution in [3.8, 4) is 5.75 Å². The van der Waals surface area contributed by atoms with Crippen molar-refractivity contribution in [1.82, 2.24) is 4.90 Å². The van der Waals surface area contributed by atoms with Crippen LogP contribution < -0.4 is 10.1 Å². The molecule has 0 spiro atoms. The van der Waals surface area contributed by atoms with Gasteiger partial charge in [-0.2, -0.15) is 0 Å². The van der Waals surface area contributed by atoms with Crippen LogP contribution in [0.5, 0.6) is 5.75 Å². The molecule has 2 aromatic rings. The van der Waals surface area contributed by atoms with Crippen molar-refractivity contribution in [3.63, 3.8) is 0 Å². The molecule has 0 amide bonds. The van der Waals surface area contributed by atoms with E-state index >= 15 is 0 Å². The highest BCUT2D eigenvalue weighted by molar-refractivity contribution is 5.51. The lowest BCUT2D eigenvalue weighted by Crippen LogP contribution is -2.27. The molecule has 1 heterocycles. The maximum atomic E-state index is 9.53. The summed E-state index contributed by atoms with van der Waals surface area (Å²) in [5, 5.41) is 13.1. The summed E-state index contributed by atoms with van der Waals surface area (Å²) in [7, 11) is 0. The van der Waals surface area contributed by atoms with E-state index in [2.05, 4.69) is 40.5 Å². The minimum Gasteiger partial charge on any atom is -0.494 e. The van der Waals surface area contributed by atoms with Gasteiger partial charge in [0.05, 0.1) is 13.2 Å². The third kappa shape index (κ3) is 4.97. The van der Waals surface area contributed by atoms with Gasteiger partial charge in [-0.1, -0.05) is 30.3 Å². The van der Waals surface area contributed by atoms with Gasteiger partial charge < -0.3 is 20.1 Å². The Morgan fingerprint density at radius 2 is 2.04 bits per heavy atom. The zero-order valence-corrected chi connectivity index (χ0v) is 14.9. The Hall–Kier alpha value is -2.04. The summed E-state index contributed by atoms with van der Waals surface area (Å²) in [4.78, 5) is 2.52. The molecule has 0 aromatic heterocycles. The molecular weight excluding hydrogens is 312 g/mol. The molecule has 2 N–H and O–H groups in total. The van der Waals surface area contributed by atoms with Gasteiger partial charge in [0, 0.05) is 36.9 Å². The topological polar surface area (TPSA) is 44.7 Å². The minimum atomic E-state index is -0.00127. The van der Waals surface area contributed by atoms with Gasteiger partial charge >= 0.3 is 0 Å². The lowest BCUT2D eigenvalue weighted by molar-refractivity contribution is 0.267. The third-order valence-electron chi connectivity index (χ3n) is 4.73. The van der Waals surface area contributed by atoms with Crippen LogP contribution in [-0.4, -0.2) is 42.3 Å². The zero-order valence-electron chi connectivity index (χ0n) is 14.9. The normalized spacial score (nSPS) is 17.6. The third-order valence-corrected chi connectivity index (χ3v) is 4.73. The maximum absolute atomic E-state index is 9.53. The molecule has 1 saturated heterocycles. The Morgan fingerprint density at radius 3 is 2.80 bits per heavy atom. The maximum Gasteiger partial charge on any atom is 0.124 e. The van der Waals surface area contributed by atoms with E-state index in [1.807, 2.05) is 25.1 Å². The molecule has 4 nitrogen and oxygen atoms in total. The average molecular weight is 340 g/mol. The van der Waals surface area contributed by atoms with Crippen LogP contribution in [0.4, 0.5) is 5.69 Å². The van der Waals surface area contributed by atoms with Crippen molar-refractivity contribution in [3.05, 3.63) is 59.7 Å². The predicted molar refractivity (Wildman–Crippen MR) is 102 cm³/mol. The highest BCUT2D eigenvalue weighted by atomic mass is 16.5. The summed E-state index contributed by atoms with van der Waals surface area (Å²) in [6.45, 7) is 5.86. The second-order valence-corrected chi connectivity index (χ2v) is 6.58. The van der Waals surface area contributed by atoms with Crippen molar-refractivity contribution >= 4 is 5.69 Å². The molecule has 1 aliphatic heterocycles. The van der Waals surface area contributed by atoms with E-state index in [1.165, 1.54) is 5.56 Å². The number of rotatable bonds is 8. The highest BCUT2D eigenvalue weighted by Crippen LogP contribution is 2.24. The van der Waals surface area contributed by atoms with Crippen molar-refractivity contribution < 1.29 is 9.84 Å². The van der Waals surface area contributed by atoms with Gasteiger partial charge in [-0.25, -0.2) is 0 Å². The fourth-order valence-electron chi connectivity index (χ4n) is 3.41. The van der Waals surface area contributed by atoms with Gasteiger partial charge in [0.1, 0.15) is 5.75 Å². The fraction of sp³-hybridized carbons (Fsp3) is 0.429. The number of aliphatic hydroxyl groups excluding tert-OH is 1. The molecule has 0 radical (unpaired) electrons. The molecule has 1 unspecified atom stereocenters. The van der Waals surface area contributed by atoms with E-state index in [-0.39, 0.29) is 6.61 Å². The Balaban J connectivity index is 1.51. The first-order valence-electron chi connectivity index (χ1n) is 9.18. The van der Waals surface area contributed by atoms with Crippen molar-refractivity contribution in [2.45, 2.75) is 32.4 Å². The largest absolute Gasteiger partial charge is 0.494 e. The number of likely N-dealkylation sites (tertiary alicyclic amines) is 1. The van der Waals surface area contributed by atoms with Crippen LogP contribution in [0.1, 0.15) is 24.5 Å². The zero-order chi connectivity index (χ0) is 17.5. The molecule has 0 aliphatic carbocycles. The number of nitrogens with zero attached hydrogens (tertiary/aromatic N) is 1. The predicted octanol–water partition coefficient (Wildman–Crippen LogP) is 3.31. The van der Waals surface area contributed by atoms with Crippen LogP contribution in [0.2, 0.25) is 0 Å². The second-order valence-electron chi connectivity index (χ2n) is 6.58. The van der Waals surface area contributed by atoms with Crippen LogP contribution in [0.15, 0.2) is 48.5 Å². The Labute approximate surface area is 150 Å². The molecule has 25 heavy (non-hydrogen) atoms. The Morgan fingerprint density at radius 1 is 1.20 bits per heavy atom. The lowest BCUT2D eigenvalue weighted by Gasteiger charge is -2.18. The van der Waals surface area contributed by atoms with Gasteiger partial charge in [-0.05, 0) is 43.5 Å². The van der Waals surface area contributed by atoms with Crippen LogP contribution >= 0.6 is 0 Å². The van der Waals surface area contributed by atoms with Crippen LogP contribution in [0, 0.1) is 0 Å². The highest BCUT2D eigenvalue weighted by Gasteiger charge is 2.22. The first-order chi connectivity index (χ1) is 12.3. The summed E-state index contributed by atoms with van der Waals surface area (Å²) >= 11 is 0. The summed E-state index contributed by atoms with van der Waals surface area (Å²) in [5.41, 5.74) is 3.30. The first kappa shape index (κ1) is 17.8. The molecule has 1 aliphatic rings. The van der Waals surface area contributed by atoms with Crippen molar-refractivity contribution in [2.75, 3.05) is 31.6 Å². The van der Waals surface area contributed by atoms with Crippen LogP contribution in [0.3, 0.4) is 0 Å².